The Bertz CT molecular complexity index is 1510. The Morgan fingerprint density at radius 1 is 1.14 bits per heavy atom. The lowest BCUT2D eigenvalue weighted by atomic mass is 9.94. The molecule has 0 aliphatic heterocycles. The van der Waals surface area contributed by atoms with Crippen LogP contribution in [0.5, 0.6) is 0 Å². The summed E-state index contributed by atoms with van der Waals surface area (Å²) in [5, 5.41) is 6.66. The fraction of sp³-hybridized carbons (Fsp3) is 0.414. The van der Waals surface area contributed by atoms with Crippen LogP contribution < -0.4 is 10.9 Å². The average Bonchev–Trinajstić information content (AvgIpc) is 3.55. The first-order valence-electron chi connectivity index (χ1n) is 12.9. The van der Waals surface area contributed by atoms with Crippen molar-refractivity contribution in [3.05, 3.63) is 67.4 Å². The standard InChI is InChI=1S/C29H31NO6S/c1-4-16(2)22(15-34-29(33)26-10-7-11-37-26)30-27(31)13-20-17(3)19-12-21-18-8-5-6-9-23(18)35-25(21)14-24(19)36-28(20)32/h7,10-12,14,16,22H,4-6,8-9,13,15H2,1-3H3,(H,30,31)/t16-,22-/m1/s1. The smallest absolute Gasteiger partial charge is 0.348 e. The zero-order valence-electron chi connectivity index (χ0n) is 21.3. The number of benzene rings is 1. The lowest BCUT2D eigenvalue weighted by Gasteiger charge is -2.24. The number of ether oxygens (including phenoxy) is 1. The van der Waals surface area contributed by atoms with E-state index in [9.17, 15) is 14.4 Å². The van der Waals surface area contributed by atoms with Crippen LogP contribution in [0, 0.1) is 12.8 Å². The van der Waals surface area contributed by atoms with Crippen molar-refractivity contribution in [3.8, 4) is 0 Å². The number of thiophene rings is 1. The fourth-order valence-corrected chi connectivity index (χ4v) is 5.65. The Labute approximate surface area is 218 Å². The highest BCUT2D eigenvalue weighted by atomic mass is 32.1. The van der Waals surface area contributed by atoms with Gasteiger partial charge in [0.2, 0.25) is 5.91 Å². The van der Waals surface area contributed by atoms with Crippen molar-refractivity contribution in [1.82, 2.24) is 5.32 Å². The number of fused-ring (bicyclic) bond motifs is 4. The van der Waals surface area contributed by atoms with Crippen molar-refractivity contribution in [2.45, 2.75) is 65.3 Å². The summed E-state index contributed by atoms with van der Waals surface area (Å²) in [6.07, 6.45) is 4.83. The third kappa shape index (κ3) is 5.07. The largest absolute Gasteiger partial charge is 0.461 e. The van der Waals surface area contributed by atoms with Crippen LogP contribution in [0.2, 0.25) is 0 Å². The average molecular weight is 522 g/mol. The van der Waals surface area contributed by atoms with Gasteiger partial charge in [0.1, 0.15) is 28.4 Å². The number of nitrogens with one attached hydrogen (secondary N) is 1. The van der Waals surface area contributed by atoms with E-state index in [-0.39, 0.29) is 30.9 Å². The second kappa shape index (κ2) is 10.5. The van der Waals surface area contributed by atoms with E-state index >= 15 is 0 Å². The van der Waals surface area contributed by atoms with Crippen molar-refractivity contribution in [2.24, 2.45) is 5.92 Å². The molecule has 0 spiro atoms. The normalized spacial score (nSPS) is 14.9. The molecule has 1 aliphatic rings. The summed E-state index contributed by atoms with van der Waals surface area (Å²) in [5.74, 6) is 0.382. The number of amides is 1. The number of esters is 1. The van der Waals surface area contributed by atoms with E-state index in [0.717, 1.165) is 59.8 Å². The number of furan rings is 1. The minimum atomic E-state index is -0.528. The summed E-state index contributed by atoms with van der Waals surface area (Å²) in [7, 11) is 0. The van der Waals surface area contributed by atoms with Crippen LogP contribution in [-0.4, -0.2) is 24.5 Å². The minimum Gasteiger partial charge on any atom is -0.461 e. The van der Waals surface area contributed by atoms with Crippen molar-refractivity contribution in [2.75, 3.05) is 6.61 Å². The van der Waals surface area contributed by atoms with Crippen molar-refractivity contribution < 1.29 is 23.2 Å². The van der Waals surface area contributed by atoms with E-state index < -0.39 is 11.6 Å². The molecule has 1 amide bonds. The highest BCUT2D eigenvalue weighted by Gasteiger charge is 2.24. The first kappa shape index (κ1) is 25.3. The summed E-state index contributed by atoms with van der Waals surface area (Å²) >= 11 is 1.31. The SMILES string of the molecule is CC[C@@H](C)[C@@H](COC(=O)c1cccs1)NC(=O)Cc1c(C)c2cc3c4c(oc3cc2oc1=O)CCCC4. The van der Waals surface area contributed by atoms with Crippen LogP contribution in [0.25, 0.3) is 21.9 Å². The summed E-state index contributed by atoms with van der Waals surface area (Å²) in [5.41, 5.74) is 2.98. The molecule has 0 saturated heterocycles. The van der Waals surface area contributed by atoms with Crippen LogP contribution in [0.4, 0.5) is 0 Å². The number of carbonyl (C=O) groups is 2. The predicted octanol–water partition coefficient (Wildman–Crippen LogP) is 5.72. The van der Waals surface area contributed by atoms with Gasteiger partial charge < -0.3 is 18.9 Å². The quantitative estimate of drug-likeness (QED) is 0.235. The molecule has 2 atom stereocenters. The molecular formula is C29H31NO6S. The van der Waals surface area contributed by atoms with Gasteiger partial charge in [-0.05, 0) is 55.2 Å². The zero-order valence-corrected chi connectivity index (χ0v) is 22.2. The molecule has 1 aromatic carbocycles. The van der Waals surface area contributed by atoms with Crippen LogP contribution in [0.15, 0.2) is 43.3 Å². The van der Waals surface area contributed by atoms with Gasteiger partial charge in [-0.15, -0.1) is 11.3 Å². The molecule has 194 valence electrons. The summed E-state index contributed by atoms with van der Waals surface area (Å²) in [4.78, 5) is 38.8. The van der Waals surface area contributed by atoms with Gasteiger partial charge in [0.15, 0.2) is 0 Å². The number of aryl methyl sites for hydroxylation is 3. The minimum absolute atomic E-state index is 0.0619. The first-order valence-corrected chi connectivity index (χ1v) is 13.7. The second-order valence-corrected chi connectivity index (χ2v) is 10.8. The summed E-state index contributed by atoms with van der Waals surface area (Å²) in [6, 6.07) is 6.95. The molecular weight excluding hydrogens is 490 g/mol. The molecule has 0 unspecified atom stereocenters. The Morgan fingerprint density at radius 2 is 1.92 bits per heavy atom. The fourth-order valence-electron chi connectivity index (χ4n) is 5.03. The van der Waals surface area contributed by atoms with E-state index in [4.69, 9.17) is 13.6 Å². The predicted molar refractivity (Wildman–Crippen MR) is 143 cm³/mol. The zero-order chi connectivity index (χ0) is 26.1. The Morgan fingerprint density at radius 3 is 2.68 bits per heavy atom. The van der Waals surface area contributed by atoms with E-state index in [1.165, 1.54) is 16.9 Å². The summed E-state index contributed by atoms with van der Waals surface area (Å²) in [6.45, 7) is 5.93. The molecule has 1 aliphatic carbocycles. The molecule has 1 N–H and O–H groups in total. The van der Waals surface area contributed by atoms with E-state index in [1.54, 1.807) is 18.2 Å². The maximum atomic E-state index is 13.1. The molecule has 4 aromatic rings. The molecule has 7 nitrogen and oxygen atoms in total. The monoisotopic (exact) mass is 521 g/mol. The summed E-state index contributed by atoms with van der Waals surface area (Å²) < 4.78 is 17.2. The lowest BCUT2D eigenvalue weighted by Crippen LogP contribution is -2.44. The molecule has 5 rings (SSSR count). The molecule has 8 heteroatoms. The molecule has 0 bridgehead atoms. The molecule has 0 fully saturated rings. The van der Waals surface area contributed by atoms with E-state index in [0.29, 0.717) is 16.0 Å². The van der Waals surface area contributed by atoms with Gasteiger partial charge in [-0.1, -0.05) is 26.3 Å². The van der Waals surface area contributed by atoms with Crippen molar-refractivity contribution in [1.29, 1.82) is 0 Å². The van der Waals surface area contributed by atoms with Crippen LogP contribution in [0.1, 0.15) is 65.2 Å². The van der Waals surface area contributed by atoms with Gasteiger partial charge in [-0.25, -0.2) is 9.59 Å². The van der Waals surface area contributed by atoms with Gasteiger partial charge in [0, 0.05) is 28.8 Å². The molecule has 0 saturated carbocycles. The van der Waals surface area contributed by atoms with Crippen LogP contribution in [-0.2, 0) is 28.8 Å². The molecule has 3 heterocycles. The van der Waals surface area contributed by atoms with Crippen LogP contribution in [0.3, 0.4) is 0 Å². The Kier molecular flexibility index (Phi) is 7.20. The van der Waals surface area contributed by atoms with Gasteiger partial charge in [0.25, 0.3) is 0 Å². The van der Waals surface area contributed by atoms with Gasteiger partial charge in [0.05, 0.1) is 18.0 Å². The Balaban J connectivity index is 1.37. The first-order chi connectivity index (χ1) is 17.9. The highest BCUT2D eigenvalue weighted by Crippen LogP contribution is 2.35. The number of hydrogen-bond acceptors (Lipinski definition) is 7. The molecule has 0 radical (unpaired) electrons. The molecule has 3 aromatic heterocycles. The number of carbonyl (C=O) groups excluding carboxylic acids is 2. The number of rotatable bonds is 8. The topological polar surface area (TPSA) is 98.8 Å². The van der Waals surface area contributed by atoms with Gasteiger partial charge in [-0.3, -0.25) is 4.79 Å². The van der Waals surface area contributed by atoms with E-state index in [2.05, 4.69) is 5.32 Å². The van der Waals surface area contributed by atoms with Crippen LogP contribution >= 0.6 is 11.3 Å². The van der Waals surface area contributed by atoms with E-state index in [1.807, 2.05) is 32.2 Å². The van der Waals surface area contributed by atoms with Crippen molar-refractivity contribution in [3.63, 3.8) is 0 Å². The highest BCUT2D eigenvalue weighted by molar-refractivity contribution is 7.11. The van der Waals surface area contributed by atoms with Gasteiger partial charge in [-0.2, -0.15) is 0 Å². The maximum absolute atomic E-state index is 13.1. The Hall–Kier alpha value is -3.39. The lowest BCUT2D eigenvalue weighted by molar-refractivity contribution is -0.122. The third-order valence-corrected chi connectivity index (χ3v) is 8.34. The number of hydrogen-bond donors (Lipinski definition) is 1. The van der Waals surface area contributed by atoms with Crippen molar-refractivity contribution >= 4 is 45.2 Å². The maximum Gasteiger partial charge on any atom is 0.348 e. The van der Waals surface area contributed by atoms with Gasteiger partial charge >= 0.3 is 11.6 Å². The molecule has 37 heavy (non-hydrogen) atoms. The second-order valence-electron chi connectivity index (χ2n) is 9.86. The third-order valence-electron chi connectivity index (χ3n) is 7.49.